The van der Waals surface area contributed by atoms with Crippen LogP contribution in [0.1, 0.15) is 50.3 Å². The molecular weight excluding hydrogens is 470 g/mol. The topological polar surface area (TPSA) is 93.9 Å². The van der Waals surface area contributed by atoms with E-state index >= 15 is 0 Å². The molecule has 0 aliphatic carbocycles. The molecule has 37 heavy (non-hydrogen) atoms. The van der Waals surface area contributed by atoms with E-state index in [0.29, 0.717) is 55.4 Å². The molecule has 0 radical (unpaired) electrons. The van der Waals surface area contributed by atoms with Crippen LogP contribution in [0.3, 0.4) is 0 Å². The molecule has 8 heteroatoms. The van der Waals surface area contributed by atoms with E-state index in [0.717, 1.165) is 12.8 Å². The second kappa shape index (κ2) is 12.3. The number of benzene rings is 2. The van der Waals surface area contributed by atoms with Gasteiger partial charge in [-0.2, -0.15) is 0 Å². The summed E-state index contributed by atoms with van der Waals surface area (Å²) in [6, 6.07) is 13.5. The molecule has 1 aliphatic rings. The fourth-order valence-electron chi connectivity index (χ4n) is 4.38. The summed E-state index contributed by atoms with van der Waals surface area (Å²) in [6.45, 7) is 6.18. The zero-order valence-electron chi connectivity index (χ0n) is 21.3. The summed E-state index contributed by atoms with van der Waals surface area (Å²) in [4.78, 5) is 32.1. The maximum absolute atomic E-state index is 13.3. The number of carbonyl (C=O) groups excluding carboxylic acids is 2. The average Bonchev–Trinajstić information content (AvgIpc) is 3.53. The maximum Gasteiger partial charge on any atom is 0.295 e. The van der Waals surface area contributed by atoms with Gasteiger partial charge in [0.25, 0.3) is 11.7 Å². The molecule has 0 bridgehead atoms. The highest BCUT2D eigenvalue weighted by Gasteiger charge is 2.45. The molecule has 2 heterocycles. The standard InChI is InChI=1S/C29H33N3O5/c1-3-17-36-23-11-9-21(10-12-23)27(33)25-26(22-7-5-8-24(19-22)37-18-4-2)32(29(35)28(25)34)15-6-14-31-16-13-30-20-31/h5,7-13,16,19-20,26,33H,3-4,6,14-15,17-18H2,1-2H3. The number of aromatic nitrogens is 2. The number of aryl methyl sites for hydroxylation is 1. The van der Waals surface area contributed by atoms with Gasteiger partial charge in [0.15, 0.2) is 0 Å². The normalized spacial score (nSPS) is 16.8. The fraction of sp³-hybridized carbons (Fsp3) is 0.345. The number of nitrogens with zero attached hydrogens (tertiary/aromatic N) is 3. The second-order valence-corrected chi connectivity index (χ2v) is 8.94. The van der Waals surface area contributed by atoms with Gasteiger partial charge in [-0.25, -0.2) is 4.98 Å². The van der Waals surface area contributed by atoms with Crippen LogP contribution in [0.15, 0.2) is 72.8 Å². The first kappa shape index (κ1) is 26.0. The Labute approximate surface area is 217 Å². The summed E-state index contributed by atoms with van der Waals surface area (Å²) in [6.07, 6.45) is 7.63. The Morgan fingerprint density at radius 1 is 0.973 bits per heavy atom. The van der Waals surface area contributed by atoms with Crippen molar-refractivity contribution in [3.05, 3.63) is 84.0 Å². The van der Waals surface area contributed by atoms with Crippen molar-refractivity contribution in [2.75, 3.05) is 19.8 Å². The van der Waals surface area contributed by atoms with Crippen LogP contribution < -0.4 is 9.47 Å². The van der Waals surface area contributed by atoms with Crippen molar-refractivity contribution in [3.8, 4) is 11.5 Å². The van der Waals surface area contributed by atoms with E-state index in [1.165, 1.54) is 0 Å². The third-order valence-corrected chi connectivity index (χ3v) is 6.16. The van der Waals surface area contributed by atoms with E-state index in [2.05, 4.69) is 4.98 Å². The largest absolute Gasteiger partial charge is 0.507 e. The van der Waals surface area contributed by atoms with Gasteiger partial charge in [0.2, 0.25) is 0 Å². The molecular formula is C29H33N3O5. The number of ether oxygens (including phenoxy) is 2. The fourth-order valence-corrected chi connectivity index (χ4v) is 4.38. The predicted molar refractivity (Wildman–Crippen MR) is 140 cm³/mol. The van der Waals surface area contributed by atoms with Gasteiger partial charge in [-0.05, 0) is 61.2 Å². The molecule has 1 N–H and O–H groups in total. The molecule has 194 valence electrons. The molecule has 0 saturated carbocycles. The smallest absolute Gasteiger partial charge is 0.295 e. The van der Waals surface area contributed by atoms with Gasteiger partial charge in [-0.1, -0.05) is 26.0 Å². The first-order chi connectivity index (χ1) is 18.0. The molecule has 8 nitrogen and oxygen atoms in total. The lowest BCUT2D eigenvalue weighted by atomic mass is 9.95. The third-order valence-electron chi connectivity index (χ3n) is 6.16. The van der Waals surface area contributed by atoms with Gasteiger partial charge in [-0.3, -0.25) is 9.59 Å². The van der Waals surface area contributed by atoms with Crippen molar-refractivity contribution < 1.29 is 24.2 Å². The first-order valence-electron chi connectivity index (χ1n) is 12.7. The molecule has 1 aliphatic heterocycles. The van der Waals surface area contributed by atoms with Crippen molar-refractivity contribution in [1.82, 2.24) is 14.5 Å². The Bertz CT molecular complexity index is 1230. The van der Waals surface area contributed by atoms with Crippen molar-refractivity contribution in [3.63, 3.8) is 0 Å². The first-order valence-corrected chi connectivity index (χ1v) is 12.7. The number of imidazole rings is 1. The molecule has 1 unspecified atom stereocenters. The minimum absolute atomic E-state index is 0.0718. The van der Waals surface area contributed by atoms with Gasteiger partial charge in [0.1, 0.15) is 17.3 Å². The Morgan fingerprint density at radius 2 is 1.70 bits per heavy atom. The van der Waals surface area contributed by atoms with Crippen LogP contribution in [0.25, 0.3) is 5.76 Å². The number of aliphatic hydroxyl groups excluding tert-OH is 1. The lowest BCUT2D eigenvalue weighted by Gasteiger charge is -2.26. The molecule has 1 fully saturated rings. The van der Waals surface area contributed by atoms with Crippen LogP contribution in [0, 0.1) is 0 Å². The number of likely N-dealkylation sites (tertiary alicyclic amines) is 1. The summed E-state index contributed by atoms with van der Waals surface area (Å²) in [5, 5.41) is 11.3. The van der Waals surface area contributed by atoms with Crippen LogP contribution in [0.2, 0.25) is 0 Å². The Balaban J connectivity index is 1.69. The highest BCUT2D eigenvalue weighted by molar-refractivity contribution is 6.46. The number of rotatable bonds is 12. The molecule has 1 atom stereocenters. The monoisotopic (exact) mass is 503 g/mol. The minimum atomic E-state index is -0.732. The number of Topliss-reactive ketones (excluding diaryl/α,β-unsaturated/α-hetero) is 1. The van der Waals surface area contributed by atoms with E-state index in [1.807, 2.05) is 48.9 Å². The van der Waals surface area contributed by atoms with Crippen molar-refractivity contribution in [2.24, 2.45) is 0 Å². The molecule has 3 aromatic rings. The van der Waals surface area contributed by atoms with E-state index in [9.17, 15) is 14.7 Å². The lowest BCUT2D eigenvalue weighted by Crippen LogP contribution is -2.31. The van der Waals surface area contributed by atoms with Crippen molar-refractivity contribution in [1.29, 1.82) is 0 Å². The van der Waals surface area contributed by atoms with E-state index in [-0.39, 0.29) is 11.3 Å². The summed E-state index contributed by atoms with van der Waals surface area (Å²) < 4.78 is 13.4. The number of hydrogen-bond donors (Lipinski definition) is 1. The molecule has 0 spiro atoms. The predicted octanol–water partition coefficient (Wildman–Crippen LogP) is 4.97. The van der Waals surface area contributed by atoms with Gasteiger partial charge in [0.05, 0.1) is 31.2 Å². The van der Waals surface area contributed by atoms with Crippen molar-refractivity contribution >= 4 is 17.4 Å². The quantitative estimate of drug-likeness (QED) is 0.213. The molecule has 2 aromatic carbocycles. The number of amides is 1. The zero-order valence-corrected chi connectivity index (χ0v) is 21.3. The average molecular weight is 504 g/mol. The van der Waals surface area contributed by atoms with E-state index in [1.54, 1.807) is 41.7 Å². The third kappa shape index (κ3) is 6.02. The summed E-state index contributed by atoms with van der Waals surface area (Å²) in [5.74, 6) is -0.199. The Kier molecular flexibility index (Phi) is 8.61. The minimum Gasteiger partial charge on any atom is -0.507 e. The number of ketones is 1. The summed E-state index contributed by atoms with van der Waals surface area (Å²) in [5.41, 5.74) is 1.23. The van der Waals surface area contributed by atoms with Gasteiger partial charge < -0.3 is 24.0 Å². The van der Waals surface area contributed by atoms with Crippen molar-refractivity contribution in [2.45, 2.75) is 45.7 Å². The van der Waals surface area contributed by atoms with Gasteiger partial charge in [0, 0.05) is 31.0 Å². The Hall–Kier alpha value is -4.07. The molecule has 1 saturated heterocycles. The zero-order chi connectivity index (χ0) is 26.2. The van der Waals surface area contributed by atoms with Crippen LogP contribution in [-0.2, 0) is 16.1 Å². The number of hydrogen-bond acceptors (Lipinski definition) is 6. The number of carbonyl (C=O) groups is 2. The van der Waals surface area contributed by atoms with Gasteiger partial charge >= 0.3 is 0 Å². The van der Waals surface area contributed by atoms with Crippen LogP contribution in [0.4, 0.5) is 0 Å². The highest BCUT2D eigenvalue weighted by Crippen LogP contribution is 2.40. The summed E-state index contributed by atoms with van der Waals surface area (Å²) >= 11 is 0. The van der Waals surface area contributed by atoms with Crippen LogP contribution >= 0.6 is 0 Å². The second-order valence-electron chi connectivity index (χ2n) is 8.94. The molecule has 1 aromatic heterocycles. The van der Waals surface area contributed by atoms with Crippen LogP contribution in [-0.4, -0.2) is 51.0 Å². The lowest BCUT2D eigenvalue weighted by molar-refractivity contribution is -0.139. The SMILES string of the molecule is CCCOc1ccc(C(O)=C2C(=O)C(=O)N(CCCn3ccnc3)C2c2cccc(OCCC)c2)cc1. The summed E-state index contributed by atoms with van der Waals surface area (Å²) in [7, 11) is 0. The molecule has 4 rings (SSSR count). The highest BCUT2D eigenvalue weighted by atomic mass is 16.5. The van der Waals surface area contributed by atoms with Gasteiger partial charge in [-0.15, -0.1) is 0 Å². The maximum atomic E-state index is 13.3. The van der Waals surface area contributed by atoms with E-state index < -0.39 is 17.7 Å². The Morgan fingerprint density at radius 3 is 2.38 bits per heavy atom. The number of aliphatic hydroxyl groups is 1. The van der Waals surface area contributed by atoms with E-state index in [4.69, 9.17) is 9.47 Å². The molecule has 1 amide bonds. The van der Waals surface area contributed by atoms with Crippen LogP contribution in [0.5, 0.6) is 11.5 Å².